The number of hydrogen-bond acceptors (Lipinski definition) is 5. The number of allylic oxidation sites excluding steroid dienone is 8. The van der Waals surface area contributed by atoms with Gasteiger partial charge in [-0.2, -0.15) is 52.7 Å². The van der Waals surface area contributed by atoms with Crippen molar-refractivity contribution >= 4 is 54.8 Å². The molecule has 0 spiro atoms. The minimum Gasteiger partial charge on any atom is -0.307 e. The van der Waals surface area contributed by atoms with Crippen molar-refractivity contribution in [3.63, 3.8) is 0 Å². The van der Waals surface area contributed by atoms with Gasteiger partial charge in [-0.3, -0.25) is 0 Å². The van der Waals surface area contributed by atoms with Crippen LogP contribution in [0.15, 0.2) is 199 Å². The fraction of sp³-hybridized carbons (Fsp3) is 0.0597. The number of nitriles is 5. The van der Waals surface area contributed by atoms with Crippen LogP contribution in [0.25, 0.3) is 99.5 Å². The molecule has 2 aliphatic rings. The van der Waals surface area contributed by atoms with Gasteiger partial charge in [-0.05, 0) is 159 Å². The lowest BCUT2D eigenvalue weighted by atomic mass is 9.92. The number of hydrogen-bond donors (Lipinski definition) is 0. The quantitative estimate of drug-likeness (QED) is 0.159. The maximum atomic E-state index is 15.4. The smallest absolute Gasteiger partial charge is 0.307 e. The van der Waals surface area contributed by atoms with Crippen molar-refractivity contribution < 1.29 is 26.3 Å². The van der Waals surface area contributed by atoms with Crippen LogP contribution in [0.1, 0.15) is 40.7 Å². The zero-order chi connectivity index (χ0) is 55.6. The average Bonchev–Trinajstić information content (AvgIpc) is 4.11. The highest BCUT2D eigenvalue weighted by molar-refractivity contribution is 6.13. The Balaban J connectivity index is 1.29. The van der Waals surface area contributed by atoms with E-state index in [2.05, 4.69) is 30.3 Å². The number of nitrogens with zero attached hydrogens (tertiary/aromatic N) is 7. The molecule has 0 radical (unpaired) electrons. The minimum absolute atomic E-state index is 0.0689. The van der Waals surface area contributed by atoms with Crippen LogP contribution >= 0.6 is 0 Å². The first-order chi connectivity index (χ1) is 38.7. The zero-order valence-corrected chi connectivity index (χ0v) is 41.7. The molecule has 380 valence electrons. The molecular weight excluding hydrogens is 1020 g/mol. The standard InChI is InChI=1S/C67H35F6N7/c68-66(69,70)52-17-22-53(59(32-52)67(71,72)73)58-33-65(80-62-29-49(45-11-3-7-41(25-45)36-76)15-20-56(62)57-21-16-50(30-63(57)80)46-12-4-8-42(26-46)37-77)64(31-51(58)38-78)79-60-27-47(43-9-1-5-39(23-43)34-74)13-18-54(60)55-19-14-48(28-61(55)79)44-10-2-6-40(24-44)35-75/h1-10,13-33H,11-12H2. The Bertz CT molecular complexity index is 4630. The lowest BCUT2D eigenvalue weighted by molar-refractivity contribution is -0.142. The van der Waals surface area contributed by atoms with E-state index in [1.54, 1.807) is 60.7 Å². The van der Waals surface area contributed by atoms with Crippen molar-refractivity contribution in [3.05, 3.63) is 238 Å². The second-order valence-corrected chi connectivity index (χ2v) is 19.4. The van der Waals surface area contributed by atoms with E-state index in [0.717, 1.165) is 49.2 Å². The second kappa shape index (κ2) is 19.3. The van der Waals surface area contributed by atoms with E-state index in [0.29, 0.717) is 91.2 Å². The predicted molar refractivity (Wildman–Crippen MR) is 297 cm³/mol. The number of aromatic nitrogens is 2. The molecule has 0 aliphatic heterocycles. The Morgan fingerprint density at radius 3 is 1.31 bits per heavy atom. The SMILES string of the molecule is N#CC1=CC(=c2ccc3c4ccc(=C5C=C(C#N)C=CC5)cc4n(-c4cc(-c5ccc(C(F)(F)F)cc5C(F)(F)F)c(C#N)cc4-n4c5cc(-c6cccc(C#N)c6)ccc5c5ccc(-c6cccc(C#N)c6)cc54)c3c2)CC=C1. The number of halogens is 6. The van der Waals surface area contributed by atoms with E-state index >= 15 is 13.2 Å². The van der Waals surface area contributed by atoms with E-state index in [1.165, 1.54) is 12.1 Å². The minimum atomic E-state index is -5.31. The molecule has 12 rings (SSSR count). The van der Waals surface area contributed by atoms with Gasteiger partial charge in [0.15, 0.2) is 0 Å². The Labute approximate surface area is 452 Å². The summed E-state index contributed by atoms with van der Waals surface area (Å²) >= 11 is 0. The average molecular weight is 1050 g/mol. The molecule has 0 bridgehead atoms. The second-order valence-electron chi connectivity index (χ2n) is 19.4. The summed E-state index contributed by atoms with van der Waals surface area (Å²) in [5, 5.41) is 55.4. The molecule has 2 aliphatic carbocycles. The van der Waals surface area contributed by atoms with E-state index in [4.69, 9.17) is 0 Å². The Hall–Kier alpha value is -10.9. The Kier molecular flexibility index (Phi) is 12.0. The summed E-state index contributed by atoms with van der Waals surface area (Å²) in [7, 11) is 0. The molecular formula is C67H35F6N7. The van der Waals surface area contributed by atoms with Crippen LogP contribution < -0.4 is 10.4 Å². The summed E-state index contributed by atoms with van der Waals surface area (Å²) < 4.78 is 93.0. The summed E-state index contributed by atoms with van der Waals surface area (Å²) in [4.78, 5) is 0. The first kappa shape index (κ1) is 49.9. The summed E-state index contributed by atoms with van der Waals surface area (Å²) in [5.41, 5.74) is 4.64. The highest BCUT2D eigenvalue weighted by Crippen LogP contribution is 2.46. The summed E-state index contributed by atoms with van der Waals surface area (Å²) in [6.45, 7) is 0. The molecule has 0 fully saturated rings. The molecule has 13 heteroatoms. The highest BCUT2D eigenvalue weighted by atomic mass is 19.4. The fourth-order valence-electron chi connectivity index (χ4n) is 11.0. The van der Waals surface area contributed by atoms with Crippen molar-refractivity contribution in [1.82, 2.24) is 9.13 Å². The van der Waals surface area contributed by atoms with Gasteiger partial charge in [0.05, 0.1) is 103 Å². The summed E-state index contributed by atoms with van der Waals surface area (Å²) in [5.74, 6) is 0. The van der Waals surface area contributed by atoms with Gasteiger partial charge >= 0.3 is 12.4 Å². The van der Waals surface area contributed by atoms with E-state index < -0.39 is 29.0 Å². The van der Waals surface area contributed by atoms with Crippen LogP contribution in [-0.2, 0) is 12.4 Å². The maximum absolute atomic E-state index is 15.4. The van der Waals surface area contributed by atoms with Crippen LogP contribution in [0.2, 0.25) is 0 Å². The third kappa shape index (κ3) is 8.65. The highest BCUT2D eigenvalue weighted by Gasteiger charge is 2.39. The summed E-state index contributed by atoms with van der Waals surface area (Å²) in [6, 6.07) is 52.6. The first-order valence-electron chi connectivity index (χ1n) is 25.0. The largest absolute Gasteiger partial charge is 0.417 e. The Morgan fingerprint density at radius 1 is 0.400 bits per heavy atom. The van der Waals surface area contributed by atoms with Crippen LogP contribution in [-0.4, -0.2) is 9.13 Å². The van der Waals surface area contributed by atoms with Gasteiger partial charge in [-0.1, -0.05) is 91.0 Å². The lowest BCUT2D eigenvalue weighted by Crippen LogP contribution is -2.13. The molecule has 0 saturated heterocycles. The molecule has 7 nitrogen and oxygen atoms in total. The van der Waals surface area contributed by atoms with Gasteiger partial charge in [-0.15, -0.1) is 0 Å². The van der Waals surface area contributed by atoms with Crippen LogP contribution in [0.5, 0.6) is 0 Å². The number of fused-ring (bicyclic) bond motifs is 6. The number of alkyl halides is 6. The maximum Gasteiger partial charge on any atom is 0.417 e. The number of benzene rings is 8. The normalized spacial score (nSPS) is 14.8. The first-order valence-corrected chi connectivity index (χ1v) is 25.0. The van der Waals surface area contributed by atoms with Crippen LogP contribution in [0.4, 0.5) is 26.3 Å². The molecule has 80 heavy (non-hydrogen) atoms. The van der Waals surface area contributed by atoms with E-state index in [1.807, 2.05) is 106 Å². The fourth-order valence-corrected chi connectivity index (χ4v) is 11.0. The van der Waals surface area contributed by atoms with Gasteiger partial charge in [0.1, 0.15) is 0 Å². The topological polar surface area (TPSA) is 129 Å². The molecule has 0 unspecified atom stereocenters. The van der Waals surface area contributed by atoms with Gasteiger partial charge in [0, 0.05) is 27.1 Å². The molecule has 0 atom stereocenters. The molecule has 2 aromatic heterocycles. The van der Waals surface area contributed by atoms with Gasteiger partial charge in [-0.25, -0.2) is 0 Å². The predicted octanol–water partition coefficient (Wildman–Crippen LogP) is 15.7. The van der Waals surface area contributed by atoms with Gasteiger partial charge in [0.25, 0.3) is 0 Å². The van der Waals surface area contributed by atoms with Crippen molar-refractivity contribution in [2.24, 2.45) is 0 Å². The third-order valence-electron chi connectivity index (χ3n) is 14.8. The van der Waals surface area contributed by atoms with Crippen molar-refractivity contribution in [3.8, 4) is 75.1 Å². The molecule has 0 N–H and O–H groups in total. The van der Waals surface area contributed by atoms with Crippen LogP contribution in [0.3, 0.4) is 0 Å². The van der Waals surface area contributed by atoms with E-state index in [9.17, 15) is 39.5 Å². The van der Waals surface area contributed by atoms with Crippen molar-refractivity contribution in [1.29, 1.82) is 26.3 Å². The van der Waals surface area contributed by atoms with Crippen molar-refractivity contribution in [2.45, 2.75) is 25.2 Å². The van der Waals surface area contributed by atoms with E-state index in [-0.39, 0.29) is 22.9 Å². The van der Waals surface area contributed by atoms with Crippen molar-refractivity contribution in [2.75, 3.05) is 0 Å². The monoisotopic (exact) mass is 1050 g/mol. The Morgan fingerprint density at radius 2 is 0.863 bits per heavy atom. The molecule has 0 amide bonds. The zero-order valence-electron chi connectivity index (χ0n) is 41.7. The van der Waals surface area contributed by atoms with Gasteiger partial charge in [0.2, 0.25) is 0 Å². The molecule has 2 heterocycles. The summed E-state index contributed by atoms with van der Waals surface area (Å²) in [6.07, 6.45) is 1.31. The molecule has 8 aromatic carbocycles. The van der Waals surface area contributed by atoms with Gasteiger partial charge < -0.3 is 9.13 Å². The molecule has 0 saturated carbocycles. The molecule has 10 aromatic rings. The van der Waals surface area contributed by atoms with Crippen LogP contribution in [0, 0.1) is 56.7 Å². The number of rotatable bonds is 5. The third-order valence-corrected chi connectivity index (χ3v) is 14.8. The lowest BCUT2D eigenvalue weighted by Gasteiger charge is -2.22.